The first-order chi connectivity index (χ1) is 1.91. The van der Waals surface area contributed by atoms with Crippen molar-refractivity contribution in [1.82, 2.24) is 0 Å². The van der Waals surface area contributed by atoms with Crippen molar-refractivity contribution in [3.05, 3.63) is 0 Å². The number of thiocarbonyl (C=S) groups is 1. The first-order valence-corrected chi connectivity index (χ1v) is 2.19. The molecule has 0 radical (unpaired) electrons. The van der Waals surface area contributed by atoms with Gasteiger partial charge < -0.3 is 0 Å². The summed E-state index contributed by atoms with van der Waals surface area (Å²) in [6.07, 6.45) is 0. The van der Waals surface area contributed by atoms with Gasteiger partial charge in [-0.25, -0.2) is 0 Å². The van der Waals surface area contributed by atoms with Gasteiger partial charge in [0, 0.05) is 0 Å². The fourth-order valence-electron chi connectivity index (χ4n) is 0. The van der Waals surface area contributed by atoms with E-state index in [1.54, 1.807) is 0 Å². The zero-order valence-electron chi connectivity index (χ0n) is 1.89. The van der Waals surface area contributed by atoms with Crippen molar-refractivity contribution in [2.45, 2.75) is 0 Å². The molecule has 0 saturated heterocycles. The largest absolute Gasteiger partial charge is 0.366 e. The molecule has 0 heterocycles. The lowest BCUT2D eigenvalue weighted by Crippen LogP contribution is -1.18. The van der Waals surface area contributed by atoms with Crippen LogP contribution in [0.15, 0.2) is 0 Å². The molecule has 4 heavy (non-hydrogen) atoms. The van der Waals surface area contributed by atoms with E-state index in [2.05, 4.69) is 12.2 Å². The molecule has 0 bridgehead atoms. The fraction of sp³-hybridized carbons (Fsp3) is 0. The Morgan fingerprint density at radius 2 is 2.25 bits per heavy atom. The molecule has 1 nitrogen and oxygen atoms in total. The maximum Gasteiger partial charge on any atom is 0.366 e. The smallest absolute Gasteiger partial charge is 0.0704 e. The molecule has 0 aromatic carbocycles. The van der Waals surface area contributed by atoms with E-state index in [0.717, 1.165) is 0 Å². The van der Waals surface area contributed by atoms with Crippen LogP contribution < -0.4 is 0 Å². The standard InChI is InChI=1S/CHOPS/c2-3-1-4/h1H/p+1. The van der Waals surface area contributed by atoms with Crippen LogP contribution >= 0.6 is 20.7 Å². The summed E-state index contributed by atoms with van der Waals surface area (Å²) >= 11 is 4.13. The highest BCUT2D eigenvalue weighted by Gasteiger charge is 1.60. The van der Waals surface area contributed by atoms with Crippen LogP contribution in [0.25, 0.3) is 0 Å². The summed E-state index contributed by atoms with van der Waals surface area (Å²) < 4.78 is 9.17. The molecule has 0 aromatic heterocycles. The minimum Gasteiger partial charge on any atom is -0.0704 e. The molecule has 0 spiro atoms. The van der Waals surface area contributed by atoms with Gasteiger partial charge in [-0.2, -0.15) is 0 Å². The van der Waals surface area contributed by atoms with Crippen LogP contribution in [-0.2, 0) is 4.57 Å². The van der Waals surface area contributed by atoms with Gasteiger partial charge in [0.2, 0.25) is 5.11 Å². The van der Waals surface area contributed by atoms with Crippen LogP contribution in [0.2, 0.25) is 0 Å². The second-order valence-electron chi connectivity index (χ2n) is 0.236. The third kappa shape index (κ3) is 2.19. The minimum absolute atomic E-state index is 0.420. The Morgan fingerprint density at radius 3 is 2.25 bits per heavy atom. The van der Waals surface area contributed by atoms with Crippen LogP contribution in [0, 0.1) is 0 Å². The molecule has 0 saturated carbocycles. The maximum absolute atomic E-state index is 9.17. The average Bonchev–Trinajstić information content (AvgIpc) is 1.37. The van der Waals surface area contributed by atoms with Crippen molar-refractivity contribution in [3.63, 3.8) is 0 Å². The van der Waals surface area contributed by atoms with Crippen molar-refractivity contribution < 1.29 is 4.57 Å². The lowest BCUT2D eigenvalue weighted by atomic mass is 11.9. The fourth-order valence-corrected chi connectivity index (χ4v) is 0. The highest BCUT2D eigenvalue weighted by molar-refractivity contribution is 7.88. The lowest BCUT2D eigenvalue weighted by Gasteiger charge is -1.16. The molecule has 0 fully saturated rings. The average molecular weight is 93.1 g/mol. The van der Waals surface area contributed by atoms with Crippen molar-refractivity contribution in [1.29, 1.82) is 0 Å². The molecule has 0 aliphatic carbocycles. The summed E-state index contributed by atoms with van der Waals surface area (Å²) in [4.78, 5) is 0. The van der Waals surface area contributed by atoms with Crippen LogP contribution in [0.3, 0.4) is 0 Å². The molecule has 0 aliphatic rings. The molecule has 22 valence electrons. The Hall–Kier alpha value is 0.190. The van der Waals surface area contributed by atoms with Crippen molar-refractivity contribution in [2.24, 2.45) is 0 Å². The molecule has 0 rings (SSSR count). The van der Waals surface area contributed by atoms with Crippen LogP contribution in [0.5, 0.6) is 0 Å². The second-order valence-corrected chi connectivity index (χ2v) is 1.41. The quantitative estimate of drug-likeness (QED) is 0.355. The number of hydrogen-bond donors (Lipinski definition) is 0. The highest BCUT2D eigenvalue weighted by Crippen LogP contribution is 1.76. The molecule has 1 unspecified atom stereocenters. The zero-order chi connectivity index (χ0) is 3.41. The molecular formula is CH2OPS+. The van der Waals surface area contributed by atoms with Gasteiger partial charge in [0.1, 0.15) is 0 Å². The summed E-state index contributed by atoms with van der Waals surface area (Å²) in [5.74, 6) is 0. The van der Waals surface area contributed by atoms with Gasteiger partial charge in [0.05, 0.1) is 0 Å². The van der Waals surface area contributed by atoms with Gasteiger partial charge in [-0.05, 0) is 12.2 Å². The normalized spacial score (nSPS) is 7.00. The molecule has 0 aromatic rings. The molecule has 0 N–H and O–H groups in total. The number of rotatable bonds is 1. The van der Waals surface area contributed by atoms with Crippen molar-refractivity contribution in [3.8, 4) is 0 Å². The van der Waals surface area contributed by atoms with Crippen molar-refractivity contribution in [2.75, 3.05) is 0 Å². The van der Waals surface area contributed by atoms with E-state index in [-0.39, 0.29) is 0 Å². The van der Waals surface area contributed by atoms with Gasteiger partial charge >= 0.3 is 8.46 Å². The first kappa shape index (κ1) is 4.19. The minimum atomic E-state index is -0.420. The van der Waals surface area contributed by atoms with E-state index < -0.39 is 8.46 Å². The van der Waals surface area contributed by atoms with Crippen LogP contribution in [0.4, 0.5) is 0 Å². The summed E-state index contributed by atoms with van der Waals surface area (Å²) in [5.41, 5.74) is 0. The highest BCUT2D eigenvalue weighted by atomic mass is 32.1. The molecule has 3 heteroatoms. The Labute approximate surface area is 31.2 Å². The molecule has 0 aliphatic heterocycles. The van der Waals surface area contributed by atoms with Gasteiger partial charge in [0.15, 0.2) is 0 Å². The SMILES string of the molecule is O=[PH+]C=S. The zero-order valence-corrected chi connectivity index (χ0v) is 3.71. The summed E-state index contributed by atoms with van der Waals surface area (Å²) in [5, 5.41) is 1.18. The Kier molecular flexibility index (Phi) is 3.34. The Bertz CT molecular complexity index is 29.0. The van der Waals surface area contributed by atoms with E-state index in [4.69, 9.17) is 4.57 Å². The monoisotopic (exact) mass is 93.0 g/mol. The second kappa shape index (κ2) is 3.19. The molecule has 1 atom stereocenters. The van der Waals surface area contributed by atoms with E-state index in [1.165, 1.54) is 5.11 Å². The van der Waals surface area contributed by atoms with Gasteiger partial charge in [-0.15, -0.1) is 0 Å². The van der Waals surface area contributed by atoms with Crippen molar-refractivity contribution >= 4 is 25.8 Å². The topological polar surface area (TPSA) is 17.1 Å². The number of hydrogen-bond acceptors (Lipinski definition) is 2. The third-order valence-corrected chi connectivity index (χ3v) is 0.433. The van der Waals surface area contributed by atoms with E-state index in [9.17, 15) is 0 Å². The lowest BCUT2D eigenvalue weighted by molar-refractivity contribution is 0.604. The molecule has 0 amide bonds. The third-order valence-electron chi connectivity index (χ3n) is 0.0481. The maximum atomic E-state index is 9.17. The van der Waals surface area contributed by atoms with E-state index in [0.29, 0.717) is 0 Å². The van der Waals surface area contributed by atoms with Gasteiger partial charge in [-0.3, -0.25) is 0 Å². The van der Waals surface area contributed by atoms with Crippen LogP contribution in [0.1, 0.15) is 0 Å². The van der Waals surface area contributed by atoms with E-state index in [1.807, 2.05) is 0 Å². The first-order valence-electron chi connectivity index (χ1n) is 0.729. The Morgan fingerprint density at radius 1 is 2.00 bits per heavy atom. The van der Waals surface area contributed by atoms with Gasteiger partial charge in [-0.1, -0.05) is 4.57 Å². The van der Waals surface area contributed by atoms with E-state index >= 15 is 0 Å². The summed E-state index contributed by atoms with van der Waals surface area (Å²) in [6, 6.07) is 0. The van der Waals surface area contributed by atoms with Crippen LogP contribution in [-0.4, -0.2) is 5.11 Å². The summed E-state index contributed by atoms with van der Waals surface area (Å²) in [6.45, 7) is 0. The Balaban J connectivity index is 2.73. The predicted octanol–water partition coefficient (Wildman–Crippen LogP) is 0.968. The molecular weight excluding hydrogens is 91.1 g/mol. The summed E-state index contributed by atoms with van der Waals surface area (Å²) in [7, 11) is -0.420. The predicted molar refractivity (Wildman–Crippen MR) is 22.7 cm³/mol. The van der Waals surface area contributed by atoms with Gasteiger partial charge in [0.25, 0.3) is 0 Å².